The number of rotatable bonds is 6. The lowest BCUT2D eigenvalue weighted by Gasteiger charge is -2.18. The first-order valence-electron chi connectivity index (χ1n) is 5.78. The zero-order valence-electron chi connectivity index (χ0n) is 11.0. The number of aryl methyl sites for hydroxylation is 1. The van der Waals surface area contributed by atoms with Crippen molar-refractivity contribution in [2.45, 2.75) is 19.4 Å². The van der Waals surface area contributed by atoms with Crippen molar-refractivity contribution in [2.75, 3.05) is 30.2 Å². The van der Waals surface area contributed by atoms with E-state index in [1.54, 1.807) is 11.8 Å². The molecule has 1 atom stereocenters. The predicted molar refractivity (Wildman–Crippen MR) is 78.0 cm³/mol. The second-order valence-corrected chi connectivity index (χ2v) is 5.06. The van der Waals surface area contributed by atoms with Gasteiger partial charge in [-0.15, -0.1) is 0 Å². The minimum atomic E-state index is -0.315. The topological polar surface area (TPSA) is 64.3 Å². The molecule has 0 radical (unpaired) electrons. The average Bonchev–Trinajstić information content (AvgIpc) is 2.36. The Morgan fingerprint density at radius 1 is 1.56 bits per heavy atom. The molecule has 3 N–H and O–H groups in total. The van der Waals surface area contributed by atoms with Crippen LogP contribution in [0.15, 0.2) is 18.2 Å². The Morgan fingerprint density at radius 3 is 2.83 bits per heavy atom. The molecule has 0 saturated heterocycles. The highest BCUT2D eigenvalue weighted by molar-refractivity contribution is 7.98. The van der Waals surface area contributed by atoms with Crippen molar-refractivity contribution >= 4 is 29.1 Å². The summed E-state index contributed by atoms with van der Waals surface area (Å²) >= 11 is 1.71. The molecule has 0 heterocycles. The van der Waals surface area contributed by atoms with Crippen LogP contribution in [0.3, 0.4) is 0 Å². The van der Waals surface area contributed by atoms with E-state index in [9.17, 15) is 4.79 Å². The molecular weight excluding hydrogens is 248 g/mol. The van der Waals surface area contributed by atoms with Crippen molar-refractivity contribution in [3.8, 4) is 0 Å². The fraction of sp³-hybridized carbons (Fsp3) is 0.462. The van der Waals surface area contributed by atoms with Gasteiger partial charge in [-0.05, 0) is 49.1 Å². The summed E-state index contributed by atoms with van der Waals surface area (Å²) in [4.78, 5) is 11.7. The maximum atomic E-state index is 11.7. The molecule has 0 aliphatic carbocycles. The second kappa shape index (κ2) is 7.16. The van der Waals surface area contributed by atoms with Gasteiger partial charge >= 0.3 is 5.97 Å². The van der Waals surface area contributed by atoms with Gasteiger partial charge in [-0.25, -0.2) is 4.79 Å². The number of hydrogen-bond acceptors (Lipinski definition) is 5. The Morgan fingerprint density at radius 2 is 2.28 bits per heavy atom. The van der Waals surface area contributed by atoms with E-state index in [1.807, 2.05) is 31.4 Å². The average molecular weight is 268 g/mol. The van der Waals surface area contributed by atoms with Crippen molar-refractivity contribution in [2.24, 2.45) is 0 Å². The predicted octanol–water partition coefficient (Wildman–Crippen LogP) is 2.28. The summed E-state index contributed by atoms with van der Waals surface area (Å²) in [5.41, 5.74) is 8.36. The highest BCUT2D eigenvalue weighted by atomic mass is 32.2. The standard InChI is InChI=1S/C13H20N2O2S/c1-9-8-10(14)4-5-11(9)15-12(6-7-18-3)13(16)17-2/h4-5,8,12,15H,6-7,14H2,1-3H3. The summed E-state index contributed by atoms with van der Waals surface area (Å²) in [6.45, 7) is 1.96. The molecule has 0 aliphatic rings. The van der Waals surface area contributed by atoms with Gasteiger partial charge in [-0.2, -0.15) is 11.8 Å². The van der Waals surface area contributed by atoms with E-state index in [-0.39, 0.29) is 12.0 Å². The van der Waals surface area contributed by atoms with E-state index in [2.05, 4.69) is 5.32 Å². The van der Waals surface area contributed by atoms with Gasteiger partial charge in [-0.1, -0.05) is 0 Å². The number of benzene rings is 1. The number of nitrogen functional groups attached to an aromatic ring is 1. The highest BCUT2D eigenvalue weighted by Gasteiger charge is 2.18. The molecule has 100 valence electrons. The lowest BCUT2D eigenvalue weighted by atomic mass is 10.1. The molecular formula is C13H20N2O2S. The molecule has 0 bridgehead atoms. The Bertz CT molecular complexity index is 410. The molecule has 0 amide bonds. The van der Waals surface area contributed by atoms with Crippen LogP contribution in [0.25, 0.3) is 0 Å². The Balaban J connectivity index is 2.78. The molecule has 1 unspecified atom stereocenters. The highest BCUT2D eigenvalue weighted by Crippen LogP contribution is 2.20. The minimum absolute atomic E-state index is 0.236. The number of nitrogens with one attached hydrogen (secondary N) is 1. The van der Waals surface area contributed by atoms with Crippen molar-refractivity contribution in [1.29, 1.82) is 0 Å². The van der Waals surface area contributed by atoms with Gasteiger partial charge in [0.05, 0.1) is 7.11 Å². The zero-order chi connectivity index (χ0) is 13.5. The molecule has 0 fully saturated rings. The van der Waals surface area contributed by atoms with Gasteiger partial charge in [0.15, 0.2) is 0 Å². The SMILES string of the molecule is COC(=O)C(CCSC)Nc1ccc(N)cc1C. The number of esters is 1. The first kappa shape index (κ1) is 14.7. The first-order chi connectivity index (χ1) is 8.58. The number of thioether (sulfide) groups is 1. The summed E-state index contributed by atoms with van der Waals surface area (Å²) in [5.74, 6) is 0.668. The van der Waals surface area contributed by atoms with Crippen molar-refractivity contribution < 1.29 is 9.53 Å². The normalized spacial score (nSPS) is 11.9. The quantitative estimate of drug-likeness (QED) is 0.612. The molecule has 5 heteroatoms. The fourth-order valence-electron chi connectivity index (χ4n) is 1.66. The van der Waals surface area contributed by atoms with Gasteiger partial charge in [0.2, 0.25) is 0 Å². The molecule has 0 aromatic heterocycles. The number of carbonyl (C=O) groups is 1. The lowest BCUT2D eigenvalue weighted by Crippen LogP contribution is -2.31. The second-order valence-electron chi connectivity index (χ2n) is 4.08. The number of carbonyl (C=O) groups excluding carboxylic acids is 1. The lowest BCUT2D eigenvalue weighted by molar-refractivity contribution is -0.141. The number of nitrogens with two attached hydrogens (primary N) is 1. The van der Waals surface area contributed by atoms with Crippen LogP contribution in [0.4, 0.5) is 11.4 Å². The molecule has 0 aliphatic heterocycles. The van der Waals surface area contributed by atoms with Crippen LogP contribution in [-0.2, 0) is 9.53 Å². The Kier molecular flexibility index (Phi) is 5.85. The molecule has 1 aromatic rings. The minimum Gasteiger partial charge on any atom is -0.467 e. The maximum absolute atomic E-state index is 11.7. The van der Waals surface area contributed by atoms with Crippen LogP contribution < -0.4 is 11.1 Å². The zero-order valence-corrected chi connectivity index (χ0v) is 11.8. The van der Waals surface area contributed by atoms with Gasteiger partial charge in [0.25, 0.3) is 0 Å². The maximum Gasteiger partial charge on any atom is 0.328 e. The van der Waals surface area contributed by atoms with E-state index >= 15 is 0 Å². The van der Waals surface area contributed by atoms with Crippen molar-refractivity contribution in [3.63, 3.8) is 0 Å². The smallest absolute Gasteiger partial charge is 0.328 e. The number of methoxy groups -OCH3 is 1. The summed E-state index contributed by atoms with van der Waals surface area (Å²) in [7, 11) is 1.41. The summed E-state index contributed by atoms with van der Waals surface area (Å²) in [6.07, 6.45) is 2.75. The first-order valence-corrected chi connectivity index (χ1v) is 7.17. The largest absolute Gasteiger partial charge is 0.467 e. The summed E-state index contributed by atoms with van der Waals surface area (Å²) in [5, 5.41) is 3.22. The van der Waals surface area contributed by atoms with E-state index in [1.165, 1.54) is 7.11 Å². The van der Waals surface area contributed by atoms with Crippen LogP contribution in [0.2, 0.25) is 0 Å². The van der Waals surface area contributed by atoms with Crippen LogP contribution in [0.5, 0.6) is 0 Å². The van der Waals surface area contributed by atoms with Gasteiger partial charge in [0.1, 0.15) is 6.04 Å². The monoisotopic (exact) mass is 268 g/mol. The Labute approximate surface area is 112 Å². The van der Waals surface area contributed by atoms with Crippen LogP contribution >= 0.6 is 11.8 Å². The van der Waals surface area contributed by atoms with E-state index < -0.39 is 0 Å². The van der Waals surface area contributed by atoms with Crippen molar-refractivity contribution in [3.05, 3.63) is 23.8 Å². The van der Waals surface area contributed by atoms with Gasteiger partial charge in [0, 0.05) is 11.4 Å². The Hall–Kier alpha value is -1.36. The van der Waals surface area contributed by atoms with E-state index in [0.29, 0.717) is 0 Å². The van der Waals surface area contributed by atoms with Crippen LogP contribution in [-0.4, -0.2) is 31.1 Å². The molecule has 1 rings (SSSR count). The third kappa shape index (κ3) is 4.14. The van der Waals surface area contributed by atoms with Crippen molar-refractivity contribution in [1.82, 2.24) is 0 Å². The van der Waals surface area contributed by atoms with Crippen LogP contribution in [0, 0.1) is 6.92 Å². The molecule has 4 nitrogen and oxygen atoms in total. The van der Waals surface area contributed by atoms with E-state index in [4.69, 9.17) is 10.5 Å². The number of hydrogen-bond donors (Lipinski definition) is 2. The number of anilines is 2. The van der Waals surface area contributed by atoms with Crippen LogP contribution in [0.1, 0.15) is 12.0 Å². The summed E-state index contributed by atoms with van der Waals surface area (Å²) < 4.78 is 4.81. The summed E-state index contributed by atoms with van der Waals surface area (Å²) in [6, 6.07) is 5.27. The van der Waals surface area contributed by atoms with E-state index in [0.717, 1.165) is 29.1 Å². The van der Waals surface area contributed by atoms with Gasteiger partial charge in [-0.3, -0.25) is 0 Å². The fourth-order valence-corrected chi connectivity index (χ4v) is 2.13. The third-order valence-corrected chi connectivity index (χ3v) is 3.32. The molecule has 0 spiro atoms. The molecule has 1 aromatic carbocycles. The molecule has 0 saturated carbocycles. The molecule has 18 heavy (non-hydrogen) atoms. The number of ether oxygens (including phenoxy) is 1. The van der Waals surface area contributed by atoms with Gasteiger partial charge < -0.3 is 15.8 Å². The third-order valence-electron chi connectivity index (χ3n) is 2.68.